The first-order valence-corrected chi connectivity index (χ1v) is 12.9. The summed E-state index contributed by atoms with van der Waals surface area (Å²) < 4.78 is 5.75. The minimum atomic E-state index is -0.712. The topological polar surface area (TPSA) is 86.9 Å². The number of fused-ring (bicyclic) bond motifs is 3. The van der Waals surface area contributed by atoms with Crippen molar-refractivity contribution in [2.24, 2.45) is 11.8 Å². The van der Waals surface area contributed by atoms with E-state index in [0.717, 1.165) is 68.6 Å². The van der Waals surface area contributed by atoms with Gasteiger partial charge in [-0.15, -0.1) is 0 Å². The summed E-state index contributed by atoms with van der Waals surface area (Å²) in [5.74, 6) is 0.281. The average Bonchev–Trinajstić information content (AvgIpc) is 3.52. The van der Waals surface area contributed by atoms with Crippen molar-refractivity contribution in [2.75, 3.05) is 26.2 Å². The van der Waals surface area contributed by atoms with Crippen molar-refractivity contribution in [3.8, 4) is 11.3 Å². The molecule has 3 aliphatic rings. The van der Waals surface area contributed by atoms with Gasteiger partial charge < -0.3 is 14.5 Å². The second-order valence-corrected chi connectivity index (χ2v) is 10.5. The van der Waals surface area contributed by atoms with Crippen LogP contribution >= 0.6 is 0 Å². The van der Waals surface area contributed by atoms with Gasteiger partial charge in [0.05, 0.1) is 5.92 Å². The molecule has 1 aliphatic carbocycles. The van der Waals surface area contributed by atoms with Gasteiger partial charge in [0, 0.05) is 43.9 Å². The van der Waals surface area contributed by atoms with Gasteiger partial charge in [0.1, 0.15) is 0 Å². The van der Waals surface area contributed by atoms with Crippen molar-refractivity contribution in [3.05, 3.63) is 76.5 Å². The van der Waals surface area contributed by atoms with Crippen molar-refractivity contribution in [1.29, 1.82) is 0 Å². The Labute approximate surface area is 210 Å². The monoisotopic (exact) mass is 485 g/mol. The number of carbonyl (C=O) groups is 2. The summed E-state index contributed by atoms with van der Waals surface area (Å²) >= 11 is 0. The standard InChI is InChI=1S/C29H31N3O4/c33-28(32-13-12-20(16-32)7-6-19-4-2-1-3-5-19)26-25-11-9-22-14-21(8-10-24(22)27(25)36-30-26)15-31-17-23(18-31)29(34)35/h1-5,8,10,14,20,23H,6-7,9,11-13,15-18H2,(H,34,35). The fourth-order valence-corrected chi connectivity index (χ4v) is 5.89. The van der Waals surface area contributed by atoms with Crippen molar-refractivity contribution in [3.63, 3.8) is 0 Å². The lowest BCUT2D eigenvalue weighted by atomic mass is 9.88. The molecule has 0 saturated carbocycles. The first-order valence-electron chi connectivity index (χ1n) is 12.9. The van der Waals surface area contributed by atoms with Crippen LogP contribution in [0, 0.1) is 11.8 Å². The Morgan fingerprint density at radius 2 is 1.86 bits per heavy atom. The molecule has 1 amide bonds. The predicted octanol–water partition coefficient (Wildman–Crippen LogP) is 4.05. The van der Waals surface area contributed by atoms with Gasteiger partial charge in [0.15, 0.2) is 11.5 Å². The lowest BCUT2D eigenvalue weighted by molar-refractivity contribution is -0.147. The van der Waals surface area contributed by atoms with E-state index >= 15 is 0 Å². The highest BCUT2D eigenvalue weighted by Crippen LogP contribution is 2.37. The van der Waals surface area contributed by atoms with Crippen molar-refractivity contribution >= 4 is 11.9 Å². The molecule has 7 nitrogen and oxygen atoms in total. The van der Waals surface area contributed by atoms with Gasteiger partial charge in [-0.3, -0.25) is 14.5 Å². The number of benzene rings is 2. The zero-order chi connectivity index (χ0) is 24.6. The Bertz CT molecular complexity index is 1280. The van der Waals surface area contributed by atoms with Crippen LogP contribution in [-0.2, 0) is 30.6 Å². The normalized spacial score (nSPS) is 19.6. The lowest BCUT2D eigenvalue weighted by Gasteiger charge is -2.36. The van der Waals surface area contributed by atoms with Crippen molar-refractivity contribution in [2.45, 2.75) is 38.6 Å². The third kappa shape index (κ3) is 4.44. The maximum Gasteiger partial charge on any atom is 0.309 e. The van der Waals surface area contributed by atoms with E-state index in [-0.39, 0.29) is 11.8 Å². The molecule has 3 heterocycles. The molecule has 2 fully saturated rings. The number of hydrogen-bond acceptors (Lipinski definition) is 5. The summed E-state index contributed by atoms with van der Waals surface area (Å²) in [6.45, 7) is 3.53. The number of carboxylic acids is 1. The zero-order valence-corrected chi connectivity index (χ0v) is 20.4. The fraction of sp³-hybridized carbons (Fsp3) is 0.414. The number of carbonyl (C=O) groups excluding carboxylic acids is 1. The van der Waals surface area contributed by atoms with Gasteiger partial charge in [0.25, 0.3) is 5.91 Å². The van der Waals surface area contributed by atoms with Gasteiger partial charge in [-0.2, -0.15) is 0 Å². The molecule has 36 heavy (non-hydrogen) atoms. The number of likely N-dealkylation sites (tertiary alicyclic amines) is 2. The number of aromatic nitrogens is 1. The molecular formula is C29H31N3O4. The van der Waals surface area contributed by atoms with E-state index in [1.807, 2.05) is 11.0 Å². The van der Waals surface area contributed by atoms with Gasteiger partial charge in [-0.1, -0.05) is 53.7 Å². The SMILES string of the molecule is O=C(O)C1CN(Cc2ccc3c(c2)CCc2c(C(=O)N4CCC(CCc5ccccc5)C4)noc2-3)C1. The largest absolute Gasteiger partial charge is 0.481 e. The molecule has 7 heteroatoms. The van der Waals surface area contributed by atoms with Crippen LogP contribution in [0.2, 0.25) is 0 Å². The van der Waals surface area contributed by atoms with E-state index in [2.05, 4.69) is 52.5 Å². The highest BCUT2D eigenvalue weighted by Gasteiger charge is 2.34. The fourth-order valence-electron chi connectivity index (χ4n) is 5.89. The number of aliphatic carboxylic acids is 1. The van der Waals surface area contributed by atoms with E-state index in [9.17, 15) is 9.59 Å². The quantitative estimate of drug-likeness (QED) is 0.543. The van der Waals surface area contributed by atoms with Gasteiger partial charge in [0.2, 0.25) is 0 Å². The van der Waals surface area contributed by atoms with Crippen LogP contribution in [0.4, 0.5) is 0 Å². The lowest BCUT2D eigenvalue weighted by Crippen LogP contribution is -2.49. The van der Waals surface area contributed by atoms with Gasteiger partial charge >= 0.3 is 5.97 Å². The molecule has 1 aromatic heterocycles. The molecule has 0 spiro atoms. The summed E-state index contributed by atoms with van der Waals surface area (Å²) in [5.41, 5.74) is 6.15. The first kappa shape index (κ1) is 23.0. The third-order valence-electron chi connectivity index (χ3n) is 8.02. The first-order chi connectivity index (χ1) is 17.5. The summed E-state index contributed by atoms with van der Waals surface area (Å²) in [6.07, 6.45) is 4.76. The Hall–Kier alpha value is -3.45. The zero-order valence-electron chi connectivity index (χ0n) is 20.4. The Morgan fingerprint density at radius 1 is 1.03 bits per heavy atom. The molecule has 2 aliphatic heterocycles. The van der Waals surface area contributed by atoms with E-state index in [4.69, 9.17) is 9.63 Å². The molecule has 2 saturated heterocycles. The van der Waals surface area contributed by atoms with Gasteiger partial charge in [-0.05, 0) is 54.7 Å². The molecule has 0 bridgehead atoms. The third-order valence-corrected chi connectivity index (χ3v) is 8.02. The van der Waals surface area contributed by atoms with Crippen LogP contribution in [0.3, 0.4) is 0 Å². The molecule has 2 aromatic carbocycles. The molecular weight excluding hydrogens is 454 g/mol. The van der Waals surface area contributed by atoms with E-state index in [1.165, 1.54) is 16.7 Å². The van der Waals surface area contributed by atoms with E-state index in [1.54, 1.807) is 0 Å². The molecule has 186 valence electrons. The number of rotatable bonds is 7. The Balaban J connectivity index is 1.10. The number of carboxylic acid groups (broad SMARTS) is 1. The molecule has 3 aromatic rings. The molecule has 1 unspecified atom stereocenters. The maximum absolute atomic E-state index is 13.4. The Morgan fingerprint density at radius 3 is 2.67 bits per heavy atom. The van der Waals surface area contributed by atoms with Crippen LogP contribution in [-0.4, -0.2) is 58.1 Å². The van der Waals surface area contributed by atoms with E-state index in [0.29, 0.717) is 24.7 Å². The number of nitrogens with zero attached hydrogens (tertiary/aromatic N) is 3. The van der Waals surface area contributed by atoms with Crippen LogP contribution in [0.1, 0.15) is 45.6 Å². The van der Waals surface area contributed by atoms with Crippen molar-refractivity contribution < 1.29 is 19.2 Å². The molecule has 1 N–H and O–H groups in total. The van der Waals surface area contributed by atoms with Crippen molar-refractivity contribution in [1.82, 2.24) is 15.0 Å². The highest BCUT2D eigenvalue weighted by atomic mass is 16.5. The molecule has 6 rings (SSSR count). The Kier molecular flexibility index (Phi) is 6.09. The second kappa shape index (κ2) is 9.54. The van der Waals surface area contributed by atoms with Crippen LogP contribution in [0.15, 0.2) is 53.1 Å². The molecule has 0 radical (unpaired) electrons. The predicted molar refractivity (Wildman–Crippen MR) is 135 cm³/mol. The van der Waals surface area contributed by atoms with Crippen LogP contribution in [0.25, 0.3) is 11.3 Å². The summed E-state index contributed by atoms with van der Waals surface area (Å²) in [4.78, 5) is 28.5. The summed E-state index contributed by atoms with van der Waals surface area (Å²) in [7, 11) is 0. The average molecular weight is 486 g/mol. The van der Waals surface area contributed by atoms with Crippen LogP contribution in [0.5, 0.6) is 0 Å². The number of amides is 1. The highest BCUT2D eigenvalue weighted by molar-refractivity contribution is 5.95. The minimum Gasteiger partial charge on any atom is -0.481 e. The number of aryl methyl sites for hydroxylation is 2. The van der Waals surface area contributed by atoms with Crippen LogP contribution < -0.4 is 0 Å². The maximum atomic E-state index is 13.4. The van der Waals surface area contributed by atoms with Gasteiger partial charge in [-0.25, -0.2) is 0 Å². The summed E-state index contributed by atoms with van der Waals surface area (Å²) in [5, 5.41) is 13.3. The second-order valence-electron chi connectivity index (χ2n) is 10.5. The number of hydrogen-bond donors (Lipinski definition) is 1. The minimum absolute atomic E-state index is 0.00644. The molecule has 1 atom stereocenters. The van der Waals surface area contributed by atoms with E-state index < -0.39 is 5.97 Å². The smallest absolute Gasteiger partial charge is 0.309 e. The summed E-state index contributed by atoms with van der Waals surface area (Å²) in [6, 6.07) is 16.9.